The Balaban J connectivity index is 1.47. The molecule has 0 radical (unpaired) electrons. The van der Waals surface area contributed by atoms with Crippen LogP contribution in [0.3, 0.4) is 0 Å². The second-order valence-corrected chi connectivity index (χ2v) is 9.04. The summed E-state index contributed by atoms with van der Waals surface area (Å²) in [4.78, 5) is 50.3. The lowest BCUT2D eigenvalue weighted by Crippen LogP contribution is -2.51. The lowest BCUT2D eigenvalue weighted by molar-refractivity contribution is -0.145. The summed E-state index contributed by atoms with van der Waals surface area (Å²) in [5.41, 5.74) is 1.55. The Bertz CT molecular complexity index is 1550. The fourth-order valence-electron chi connectivity index (χ4n) is 4.30. The van der Waals surface area contributed by atoms with Crippen LogP contribution in [0.2, 0.25) is 0 Å². The van der Waals surface area contributed by atoms with Crippen LogP contribution >= 0.6 is 0 Å². The summed E-state index contributed by atoms with van der Waals surface area (Å²) in [5.74, 6) is -2.12. The van der Waals surface area contributed by atoms with Crippen LogP contribution in [0.5, 0.6) is 0 Å². The number of rotatable bonds is 7. The Morgan fingerprint density at radius 3 is 2.53 bits per heavy atom. The predicted octanol–water partition coefficient (Wildman–Crippen LogP) is 4.11. The van der Waals surface area contributed by atoms with Crippen molar-refractivity contribution >= 4 is 28.6 Å². The molecule has 1 aliphatic heterocycles. The van der Waals surface area contributed by atoms with E-state index in [2.05, 4.69) is 9.97 Å². The number of hydrogen-bond donors (Lipinski definition) is 0. The predicted molar refractivity (Wildman–Crippen MR) is 141 cm³/mol. The summed E-state index contributed by atoms with van der Waals surface area (Å²) in [5, 5.41) is 0. The van der Waals surface area contributed by atoms with Crippen molar-refractivity contribution in [2.24, 2.45) is 0 Å². The third-order valence-electron chi connectivity index (χ3n) is 6.37. The zero-order valence-corrected chi connectivity index (χ0v) is 21.0. The van der Waals surface area contributed by atoms with E-state index in [1.807, 2.05) is 53.5 Å². The van der Waals surface area contributed by atoms with Crippen LogP contribution in [-0.4, -0.2) is 51.7 Å². The van der Waals surface area contributed by atoms with Crippen LogP contribution in [0.1, 0.15) is 23.0 Å². The lowest BCUT2D eigenvalue weighted by atomic mass is 9.79. The molecule has 8 nitrogen and oxygen atoms in total. The highest BCUT2D eigenvalue weighted by Crippen LogP contribution is 2.35. The molecule has 0 N–H and O–H groups in total. The molecule has 0 saturated heterocycles. The average molecular weight is 508 g/mol. The molecule has 1 aromatic heterocycles. The molecule has 2 heterocycles. The van der Waals surface area contributed by atoms with Crippen molar-refractivity contribution in [2.75, 3.05) is 13.7 Å². The molecule has 0 saturated carbocycles. The van der Waals surface area contributed by atoms with Gasteiger partial charge in [-0.15, -0.1) is 0 Å². The van der Waals surface area contributed by atoms with E-state index < -0.39 is 23.1 Å². The number of nitrogens with zero attached hydrogens (tertiary/aromatic N) is 3. The van der Waals surface area contributed by atoms with Gasteiger partial charge in [-0.3, -0.25) is 14.6 Å². The Morgan fingerprint density at radius 1 is 1.03 bits per heavy atom. The minimum atomic E-state index is -2.03. The summed E-state index contributed by atoms with van der Waals surface area (Å²) >= 11 is 0. The van der Waals surface area contributed by atoms with E-state index in [0.717, 1.165) is 11.3 Å². The molecule has 1 aliphatic carbocycles. The first kappa shape index (κ1) is 25.0. The molecular weight excluding hydrogens is 482 g/mol. The van der Waals surface area contributed by atoms with E-state index in [4.69, 9.17) is 9.47 Å². The van der Waals surface area contributed by atoms with Gasteiger partial charge in [0.1, 0.15) is 0 Å². The standard InChI is InChI=1S/C30H25N3O5/c1-30(38-29(36)26-17-31-24-12-6-7-13-25(24)32-26)27(34)16-21-15-22(11-8-14-37-2)33(19-23(21)28(30)35)18-20-9-4-3-5-10-20/h3-13,15-17,19H,14,18H2,1-2H3/b11-8+. The number of methoxy groups -OCH3 is 1. The van der Waals surface area contributed by atoms with Gasteiger partial charge < -0.3 is 14.4 Å². The summed E-state index contributed by atoms with van der Waals surface area (Å²) < 4.78 is 10.7. The Labute approximate surface area is 219 Å². The summed E-state index contributed by atoms with van der Waals surface area (Å²) in [6.07, 6.45) is 9.82. The zero-order chi connectivity index (χ0) is 26.7. The Kier molecular flexibility index (Phi) is 6.81. The van der Waals surface area contributed by atoms with Crippen molar-refractivity contribution in [1.29, 1.82) is 0 Å². The zero-order valence-electron chi connectivity index (χ0n) is 21.0. The van der Waals surface area contributed by atoms with Gasteiger partial charge in [0, 0.05) is 31.1 Å². The molecule has 3 aromatic rings. The van der Waals surface area contributed by atoms with Gasteiger partial charge >= 0.3 is 5.97 Å². The van der Waals surface area contributed by atoms with Crippen LogP contribution in [0.25, 0.3) is 11.0 Å². The molecule has 190 valence electrons. The molecule has 5 rings (SSSR count). The molecule has 0 spiro atoms. The van der Waals surface area contributed by atoms with Crippen LogP contribution in [0.4, 0.5) is 0 Å². The number of allylic oxidation sites excluding steroid dienone is 3. The number of carbonyl (C=O) groups is 3. The van der Waals surface area contributed by atoms with E-state index in [1.54, 1.807) is 37.6 Å². The number of carbonyl (C=O) groups excluding carboxylic acids is 3. The first-order chi connectivity index (χ1) is 18.4. The molecule has 0 amide bonds. The monoisotopic (exact) mass is 507 g/mol. The van der Waals surface area contributed by atoms with E-state index >= 15 is 0 Å². The van der Waals surface area contributed by atoms with Crippen molar-refractivity contribution in [2.45, 2.75) is 19.1 Å². The Hall–Kier alpha value is -4.69. The van der Waals surface area contributed by atoms with Gasteiger partial charge in [-0.25, -0.2) is 9.78 Å². The van der Waals surface area contributed by atoms with Gasteiger partial charge in [-0.2, -0.15) is 0 Å². The quantitative estimate of drug-likeness (QED) is 0.348. The molecule has 1 unspecified atom stereocenters. The SMILES string of the molecule is COC/C=C/C1=CC2=CC(=O)C(C)(OC(=O)c3cnc4ccccc4n3)C(=O)C2=CN1Cc1ccccc1. The number of hydrogen-bond acceptors (Lipinski definition) is 8. The van der Waals surface area contributed by atoms with E-state index in [-0.39, 0.29) is 11.3 Å². The second kappa shape index (κ2) is 10.4. The number of Topliss-reactive ketones (excluding diaryl/α,β-unsaturated/α-hetero) is 1. The lowest BCUT2D eigenvalue weighted by Gasteiger charge is -2.34. The minimum Gasteiger partial charge on any atom is -0.438 e. The highest BCUT2D eigenvalue weighted by molar-refractivity contribution is 6.26. The summed E-state index contributed by atoms with van der Waals surface area (Å²) in [6, 6.07) is 16.9. The maximum absolute atomic E-state index is 13.7. The summed E-state index contributed by atoms with van der Waals surface area (Å²) in [6.45, 7) is 2.22. The van der Waals surface area contributed by atoms with E-state index in [0.29, 0.717) is 29.8 Å². The van der Waals surface area contributed by atoms with Crippen molar-refractivity contribution in [3.63, 3.8) is 0 Å². The average Bonchev–Trinajstić information content (AvgIpc) is 2.93. The maximum Gasteiger partial charge on any atom is 0.360 e. The number of esters is 1. The minimum absolute atomic E-state index is 0.0888. The van der Waals surface area contributed by atoms with Crippen LogP contribution in [0.15, 0.2) is 108 Å². The molecule has 0 fully saturated rings. The smallest absolute Gasteiger partial charge is 0.360 e. The third-order valence-corrected chi connectivity index (χ3v) is 6.37. The number of benzene rings is 2. The molecule has 38 heavy (non-hydrogen) atoms. The molecule has 2 aromatic carbocycles. The normalized spacial score (nSPS) is 19.2. The van der Waals surface area contributed by atoms with Crippen LogP contribution in [-0.2, 0) is 25.6 Å². The van der Waals surface area contributed by atoms with Crippen molar-refractivity contribution in [1.82, 2.24) is 14.9 Å². The molecule has 8 heteroatoms. The third kappa shape index (κ3) is 4.81. The second-order valence-electron chi connectivity index (χ2n) is 9.04. The number of fused-ring (bicyclic) bond motifs is 2. The first-order valence-electron chi connectivity index (χ1n) is 12.0. The summed E-state index contributed by atoms with van der Waals surface area (Å²) in [7, 11) is 1.60. The fraction of sp³-hybridized carbons (Fsp3) is 0.167. The number of ketones is 2. The Morgan fingerprint density at radius 2 is 1.76 bits per heavy atom. The topological polar surface area (TPSA) is 98.7 Å². The van der Waals surface area contributed by atoms with Gasteiger partial charge in [-0.05, 0) is 48.4 Å². The van der Waals surface area contributed by atoms with E-state index in [9.17, 15) is 14.4 Å². The molecule has 1 atom stereocenters. The maximum atomic E-state index is 13.7. The van der Waals surface area contributed by atoms with Crippen LogP contribution in [0, 0.1) is 0 Å². The molecule has 0 bridgehead atoms. The first-order valence-corrected chi connectivity index (χ1v) is 12.0. The van der Waals surface area contributed by atoms with Crippen LogP contribution < -0.4 is 0 Å². The largest absolute Gasteiger partial charge is 0.438 e. The van der Waals surface area contributed by atoms with Gasteiger partial charge in [0.15, 0.2) is 5.69 Å². The van der Waals surface area contributed by atoms with Gasteiger partial charge in [0.2, 0.25) is 17.2 Å². The van der Waals surface area contributed by atoms with Gasteiger partial charge in [0.25, 0.3) is 0 Å². The van der Waals surface area contributed by atoms with Crippen molar-refractivity contribution in [3.05, 3.63) is 119 Å². The van der Waals surface area contributed by atoms with E-state index in [1.165, 1.54) is 19.2 Å². The van der Waals surface area contributed by atoms with Crippen molar-refractivity contribution < 1.29 is 23.9 Å². The number of aromatic nitrogens is 2. The highest BCUT2D eigenvalue weighted by atomic mass is 16.6. The van der Waals surface area contributed by atoms with Gasteiger partial charge in [-0.1, -0.05) is 48.5 Å². The molecular formula is C30H25N3O5. The number of ether oxygens (including phenoxy) is 2. The van der Waals surface area contributed by atoms with Crippen molar-refractivity contribution in [3.8, 4) is 0 Å². The number of para-hydroxylation sites is 2. The molecule has 2 aliphatic rings. The highest BCUT2D eigenvalue weighted by Gasteiger charge is 2.49. The fourth-order valence-corrected chi connectivity index (χ4v) is 4.30. The van der Waals surface area contributed by atoms with Gasteiger partial charge in [0.05, 0.1) is 23.8 Å².